The number of nitrogens with zero attached hydrogens (tertiary/aromatic N) is 2. The fraction of sp³-hybridized carbons (Fsp3) is 0.323. The number of hydrogen-bond acceptors (Lipinski definition) is 12. The lowest BCUT2D eigenvalue weighted by molar-refractivity contribution is -0.129. The Labute approximate surface area is 455 Å². The van der Waals surface area contributed by atoms with Crippen LogP contribution in [0.25, 0.3) is 0 Å². The molecule has 2 saturated carbocycles. The molecule has 2 aliphatic rings. The van der Waals surface area contributed by atoms with Gasteiger partial charge in [-0.3, -0.25) is 50.6 Å². The van der Waals surface area contributed by atoms with E-state index in [-0.39, 0.29) is 60.1 Å². The van der Waals surface area contributed by atoms with Crippen LogP contribution in [0.3, 0.4) is 0 Å². The summed E-state index contributed by atoms with van der Waals surface area (Å²) in [5, 5.41) is 26.9. The summed E-state index contributed by atoms with van der Waals surface area (Å²) >= 11 is 0. The van der Waals surface area contributed by atoms with Crippen molar-refractivity contribution in [1.29, 1.82) is 10.8 Å². The molecule has 0 aliphatic heterocycles. The predicted octanol–water partition coefficient (Wildman–Crippen LogP) is 9.85. The number of amidine groups is 2. The van der Waals surface area contributed by atoms with Crippen LogP contribution in [0.5, 0.6) is 0 Å². The molecule has 2 aromatic heterocycles. The van der Waals surface area contributed by atoms with E-state index in [1.165, 1.54) is 11.1 Å². The van der Waals surface area contributed by atoms with Gasteiger partial charge >= 0.3 is 12.2 Å². The highest BCUT2D eigenvalue weighted by Crippen LogP contribution is 2.39. The lowest BCUT2D eigenvalue weighted by Crippen LogP contribution is -2.41. The zero-order valence-corrected chi connectivity index (χ0v) is 44.1. The minimum Gasteiger partial charge on any atom is -0.444 e. The summed E-state index contributed by atoms with van der Waals surface area (Å²) in [6.45, 7) is 3.72. The third-order valence-electron chi connectivity index (χ3n) is 14.3. The number of carbonyl (C=O) groups excluding carboxylic acids is 6. The fourth-order valence-corrected chi connectivity index (χ4v) is 9.65. The number of benzene rings is 4. The molecule has 8 rings (SSSR count). The quantitative estimate of drug-likeness (QED) is 0.0312. The topological polar surface area (TPSA) is 242 Å². The summed E-state index contributed by atoms with van der Waals surface area (Å²) in [5.74, 6) is 0.281. The van der Waals surface area contributed by atoms with Crippen LogP contribution >= 0.6 is 0 Å². The van der Waals surface area contributed by atoms with Crippen LogP contribution < -0.4 is 21.3 Å². The van der Waals surface area contributed by atoms with Crippen LogP contribution in [0.4, 0.5) is 9.59 Å². The Morgan fingerprint density at radius 3 is 1.21 bits per heavy atom. The molecule has 2 heterocycles. The van der Waals surface area contributed by atoms with Crippen molar-refractivity contribution in [2.45, 2.75) is 115 Å². The first-order valence-corrected chi connectivity index (χ1v) is 26.5. The number of pyridine rings is 2. The Bertz CT molecular complexity index is 2760. The Balaban J connectivity index is 0.000000226. The van der Waals surface area contributed by atoms with Crippen molar-refractivity contribution < 1.29 is 38.2 Å². The lowest BCUT2D eigenvalue weighted by atomic mass is 9.97. The molecule has 404 valence electrons. The van der Waals surface area contributed by atoms with Gasteiger partial charge in [-0.25, -0.2) is 9.59 Å². The largest absolute Gasteiger partial charge is 0.444 e. The van der Waals surface area contributed by atoms with Crippen LogP contribution in [0.15, 0.2) is 158 Å². The SMILES string of the molecule is C[C@H](NC(=O)[C@@H]1CC[C@H](c2ccncc2)C1)C(=O)CCc1ccc(C(=N)NC(=O)OCc2ccccc2)cc1.C[C@H](NC(=O)[C@@H]1CC[C@H](c2ccncc2)C1)C(=O)CCc1ccc(C(=N)NC(=O)OCc2ccccc2)cc1. The molecule has 2 aliphatic carbocycles. The smallest absolute Gasteiger partial charge is 0.413 e. The first-order chi connectivity index (χ1) is 37.8. The number of rotatable bonds is 20. The molecule has 16 heteroatoms. The van der Waals surface area contributed by atoms with Gasteiger partial charge in [-0.05, 0) is 135 Å². The van der Waals surface area contributed by atoms with E-state index in [4.69, 9.17) is 20.3 Å². The monoisotopic (exact) mass is 1050 g/mol. The molecule has 6 aromatic rings. The van der Waals surface area contributed by atoms with E-state index in [0.717, 1.165) is 60.8 Å². The summed E-state index contributed by atoms with van der Waals surface area (Å²) in [4.78, 5) is 83.1. The molecule has 0 spiro atoms. The predicted molar refractivity (Wildman–Crippen MR) is 297 cm³/mol. The number of carbonyl (C=O) groups is 6. The molecule has 0 bridgehead atoms. The highest BCUT2D eigenvalue weighted by Gasteiger charge is 2.33. The average molecular weight is 1050 g/mol. The number of Topliss-reactive ketones (excluding diaryl/α,β-unsaturated/α-hetero) is 2. The highest BCUT2D eigenvalue weighted by atomic mass is 16.6. The number of amides is 4. The van der Waals surface area contributed by atoms with Gasteiger partial charge in [-0.15, -0.1) is 0 Å². The second kappa shape index (κ2) is 29.0. The minimum atomic E-state index is -0.694. The molecule has 6 atom stereocenters. The van der Waals surface area contributed by atoms with Gasteiger partial charge < -0.3 is 20.1 Å². The summed E-state index contributed by atoms with van der Waals surface area (Å²) < 4.78 is 10.3. The Hall–Kier alpha value is -8.66. The van der Waals surface area contributed by atoms with Crippen LogP contribution in [-0.2, 0) is 54.7 Å². The number of ether oxygens (including phenoxy) is 2. The Kier molecular flexibility index (Phi) is 21.2. The minimum absolute atomic E-state index is 0.0216. The van der Waals surface area contributed by atoms with Crippen molar-refractivity contribution in [3.8, 4) is 0 Å². The van der Waals surface area contributed by atoms with Crippen LogP contribution in [0, 0.1) is 22.7 Å². The maximum atomic E-state index is 12.8. The van der Waals surface area contributed by atoms with Crippen molar-refractivity contribution in [2.24, 2.45) is 11.8 Å². The van der Waals surface area contributed by atoms with Gasteiger partial charge in [-0.2, -0.15) is 0 Å². The van der Waals surface area contributed by atoms with Crippen molar-refractivity contribution in [3.05, 3.63) is 203 Å². The van der Waals surface area contributed by atoms with E-state index in [9.17, 15) is 28.8 Å². The van der Waals surface area contributed by atoms with E-state index < -0.39 is 24.3 Å². The lowest BCUT2D eigenvalue weighted by Gasteiger charge is -2.17. The van der Waals surface area contributed by atoms with E-state index >= 15 is 0 Å². The maximum absolute atomic E-state index is 12.8. The third kappa shape index (κ3) is 17.7. The van der Waals surface area contributed by atoms with Crippen molar-refractivity contribution in [1.82, 2.24) is 31.2 Å². The normalized spacial score (nSPS) is 17.2. The molecular weight excluding hydrogens is 985 g/mol. The average Bonchev–Trinajstić information content (AvgIpc) is 4.20. The van der Waals surface area contributed by atoms with Crippen LogP contribution in [0.1, 0.15) is 122 Å². The number of alkyl carbamates (subject to hydrolysis) is 2. The zero-order valence-electron chi connectivity index (χ0n) is 44.1. The van der Waals surface area contributed by atoms with Gasteiger partial charge in [0, 0.05) is 60.6 Å². The highest BCUT2D eigenvalue weighted by molar-refractivity contribution is 6.05. The summed E-state index contributed by atoms with van der Waals surface area (Å²) in [5.41, 5.74) is 7.07. The Morgan fingerprint density at radius 1 is 0.487 bits per heavy atom. The molecule has 0 radical (unpaired) electrons. The molecule has 16 nitrogen and oxygen atoms in total. The fourth-order valence-electron chi connectivity index (χ4n) is 9.65. The summed E-state index contributed by atoms with van der Waals surface area (Å²) in [6, 6.07) is 39.8. The molecule has 78 heavy (non-hydrogen) atoms. The number of aromatic nitrogens is 2. The van der Waals surface area contributed by atoms with Crippen LogP contribution in [0.2, 0.25) is 0 Å². The molecule has 4 amide bonds. The third-order valence-corrected chi connectivity index (χ3v) is 14.3. The van der Waals surface area contributed by atoms with Gasteiger partial charge in [0.15, 0.2) is 11.6 Å². The number of nitrogens with one attached hydrogen (secondary N) is 6. The Morgan fingerprint density at radius 2 is 0.846 bits per heavy atom. The van der Waals surface area contributed by atoms with Gasteiger partial charge in [0.25, 0.3) is 0 Å². The van der Waals surface area contributed by atoms with Gasteiger partial charge in [0.1, 0.15) is 24.9 Å². The molecule has 0 unspecified atom stereocenters. The second-order valence-electron chi connectivity index (χ2n) is 19.9. The van der Waals surface area contributed by atoms with E-state index in [0.29, 0.717) is 48.6 Å². The van der Waals surface area contributed by atoms with E-state index in [2.05, 4.69) is 31.2 Å². The van der Waals surface area contributed by atoms with E-state index in [1.54, 1.807) is 62.9 Å². The van der Waals surface area contributed by atoms with Crippen molar-refractivity contribution >= 4 is 47.2 Å². The molecular formula is C62H68N8O8. The standard InChI is InChI=1S/2C31H34N4O4/c2*1-21(34-30(37)27-13-12-26(19-27)24-15-17-33-18-16-24)28(36)14-9-22-7-10-25(11-8-22)29(32)35-31(38)39-20-23-5-3-2-4-6-23/h2*2-8,10-11,15-18,21,26-27H,9,12-14,19-20H2,1H3,(H,34,37)(H2,32,35,38)/t2*21-,26-,27+/m00/s1. The molecule has 2 fully saturated rings. The number of hydrogen-bond donors (Lipinski definition) is 6. The number of ketones is 2. The van der Waals surface area contributed by atoms with Crippen molar-refractivity contribution in [3.63, 3.8) is 0 Å². The second-order valence-corrected chi connectivity index (χ2v) is 19.9. The first-order valence-electron chi connectivity index (χ1n) is 26.5. The first kappa shape index (κ1) is 57.1. The van der Waals surface area contributed by atoms with Gasteiger partial charge in [0.2, 0.25) is 11.8 Å². The van der Waals surface area contributed by atoms with Gasteiger partial charge in [0.05, 0.1) is 12.1 Å². The maximum Gasteiger partial charge on any atom is 0.413 e. The van der Waals surface area contributed by atoms with Crippen LogP contribution in [-0.4, -0.2) is 69.3 Å². The molecule has 0 saturated heterocycles. The molecule has 4 aromatic carbocycles. The zero-order chi connectivity index (χ0) is 55.2. The van der Waals surface area contributed by atoms with E-state index in [1.807, 2.05) is 109 Å². The molecule has 6 N–H and O–H groups in total. The summed E-state index contributed by atoms with van der Waals surface area (Å²) in [7, 11) is 0. The van der Waals surface area contributed by atoms with Gasteiger partial charge in [-0.1, -0.05) is 109 Å². The van der Waals surface area contributed by atoms with Crippen molar-refractivity contribution in [2.75, 3.05) is 0 Å². The summed E-state index contributed by atoms with van der Waals surface area (Å²) in [6.07, 6.45) is 12.5. The number of aryl methyl sites for hydroxylation is 2.